The highest BCUT2D eigenvalue weighted by Crippen LogP contribution is 2.26. The molecule has 0 radical (unpaired) electrons. The molecule has 6 heteroatoms. The zero-order valence-electron chi connectivity index (χ0n) is 15.3. The van der Waals surface area contributed by atoms with Gasteiger partial charge in [0.05, 0.1) is 6.61 Å². The molecule has 1 aromatic rings. The Morgan fingerprint density at radius 3 is 2.38 bits per heavy atom. The van der Waals surface area contributed by atoms with E-state index in [0.29, 0.717) is 12.5 Å². The van der Waals surface area contributed by atoms with Gasteiger partial charge >= 0.3 is 6.03 Å². The van der Waals surface area contributed by atoms with Crippen molar-refractivity contribution in [3.63, 3.8) is 0 Å². The van der Waals surface area contributed by atoms with Gasteiger partial charge in [-0.3, -0.25) is 9.63 Å². The number of piperidine rings is 1. The first-order valence-corrected chi connectivity index (χ1v) is 9.73. The number of carbonyl (C=O) groups excluding carboxylic acids is 2. The van der Waals surface area contributed by atoms with E-state index in [9.17, 15) is 9.59 Å². The van der Waals surface area contributed by atoms with Gasteiger partial charge in [-0.1, -0.05) is 49.6 Å². The maximum atomic E-state index is 12.6. The second-order valence-electron chi connectivity index (χ2n) is 7.28. The molecular formula is C20H29N3O3. The molecule has 3 rings (SSSR count). The normalized spacial score (nSPS) is 19.2. The number of hydrogen-bond acceptors (Lipinski definition) is 3. The maximum Gasteiger partial charge on any atom is 0.338 e. The molecule has 2 fully saturated rings. The summed E-state index contributed by atoms with van der Waals surface area (Å²) in [7, 11) is 0. The monoisotopic (exact) mass is 359 g/mol. The van der Waals surface area contributed by atoms with Gasteiger partial charge in [-0.05, 0) is 31.2 Å². The average Bonchev–Trinajstić information content (AvgIpc) is 2.69. The molecule has 0 unspecified atom stereocenters. The van der Waals surface area contributed by atoms with E-state index < -0.39 is 0 Å². The minimum atomic E-state index is -0.321. The first kappa shape index (κ1) is 18.7. The van der Waals surface area contributed by atoms with Gasteiger partial charge in [0.15, 0.2) is 0 Å². The van der Waals surface area contributed by atoms with Crippen LogP contribution in [0.5, 0.6) is 0 Å². The van der Waals surface area contributed by atoms with Crippen LogP contribution in [-0.2, 0) is 16.2 Å². The number of hydroxylamine groups is 1. The van der Waals surface area contributed by atoms with Gasteiger partial charge < -0.3 is 10.2 Å². The van der Waals surface area contributed by atoms with Gasteiger partial charge in [0.2, 0.25) is 5.91 Å². The van der Waals surface area contributed by atoms with E-state index in [2.05, 4.69) is 10.8 Å². The molecule has 6 nitrogen and oxygen atoms in total. The molecule has 1 aromatic carbocycles. The Morgan fingerprint density at radius 2 is 1.69 bits per heavy atom. The van der Waals surface area contributed by atoms with Crippen LogP contribution < -0.4 is 10.8 Å². The van der Waals surface area contributed by atoms with E-state index in [-0.39, 0.29) is 18.0 Å². The van der Waals surface area contributed by atoms with Crippen LogP contribution in [0.2, 0.25) is 0 Å². The molecule has 26 heavy (non-hydrogen) atoms. The Kier molecular flexibility index (Phi) is 6.89. The SMILES string of the molecule is O=C(NOCc1ccccc1)NC1CCN(C(=O)C2CCCCC2)CC1. The summed E-state index contributed by atoms with van der Waals surface area (Å²) in [6, 6.07) is 9.46. The molecule has 0 spiro atoms. The summed E-state index contributed by atoms with van der Waals surface area (Å²) in [5, 5.41) is 2.93. The van der Waals surface area contributed by atoms with Crippen molar-refractivity contribution in [3.05, 3.63) is 35.9 Å². The zero-order chi connectivity index (χ0) is 18.2. The third-order valence-corrected chi connectivity index (χ3v) is 5.34. The van der Waals surface area contributed by atoms with Crippen LogP contribution in [-0.4, -0.2) is 36.0 Å². The number of benzene rings is 1. The lowest BCUT2D eigenvalue weighted by molar-refractivity contribution is -0.137. The summed E-state index contributed by atoms with van der Waals surface area (Å²) >= 11 is 0. The summed E-state index contributed by atoms with van der Waals surface area (Å²) in [5.41, 5.74) is 3.44. The van der Waals surface area contributed by atoms with E-state index in [1.807, 2.05) is 35.2 Å². The summed E-state index contributed by atoms with van der Waals surface area (Å²) in [5.74, 6) is 0.543. The van der Waals surface area contributed by atoms with Crippen LogP contribution in [0, 0.1) is 5.92 Å². The molecule has 0 aromatic heterocycles. The molecule has 1 saturated heterocycles. The Hall–Kier alpha value is -2.08. The third kappa shape index (κ3) is 5.46. The molecule has 1 aliphatic heterocycles. The standard InChI is InChI=1S/C20H29N3O3/c24-19(17-9-5-2-6-10-17)23-13-11-18(12-14-23)21-20(25)22-26-15-16-7-3-1-4-8-16/h1,3-4,7-8,17-18H,2,5-6,9-15H2,(H2,21,22,25). The van der Waals surface area contributed by atoms with Crippen molar-refractivity contribution in [3.8, 4) is 0 Å². The van der Waals surface area contributed by atoms with Gasteiger partial charge in [0.25, 0.3) is 0 Å². The smallest absolute Gasteiger partial charge is 0.338 e. The molecule has 1 aliphatic carbocycles. The van der Waals surface area contributed by atoms with Crippen LogP contribution in [0.4, 0.5) is 4.79 Å². The van der Waals surface area contributed by atoms with Crippen LogP contribution >= 0.6 is 0 Å². The second-order valence-corrected chi connectivity index (χ2v) is 7.28. The summed E-state index contributed by atoms with van der Waals surface area (Å²) in [6.07, 6.45) is 7.29. The Balaban J connectivity index is 1.33. The molecule has 1 heterocycles. The lowest BCUT2D eigenvalue weighted by Crippen LogP contribution is -2.50. The van der Waals surface area contributed by atoms with Crippen molar-refractivity contribution >= 4 is 11.9 Å². The number of urea groups is 1. The Labute approximate surface area is 155 Å². The van der Waals surface area contributed by atoms with Crippen molar-refractivity contribution in [1.82, 2.24) is 15.7 Å². The highest BCUT2D eigenvalue weighted by atomic mass is 16.7. The lowest BCUT2D eigenvalue weighted by Gasteiger charge is -2.35. The van der Waals surface area contributed by atoms with Gasteiger partial charge in [0.1, 0.15) is 0 Å². The fourth-order valence-electron chi connectivity index (χ4n) is 3.83. The maximum absolute atomic E-state index is 12.6. The second kappa shape index (κ2) is 9.57. The van der Waals surface area contributed by atoms with Crippen LogP contribution in [0.15, 0.2) is 30.3 Å². The average molecular weight is 359 g/mol. The molecule has 2 aliphatic rings. The van der Waals surface area contributed by atoms with E-state index in [1.54, 1.807) is 0 Å². The van der Waals surface area contributed by atoms with Crippen LogP contribution in [0.1, 0.15) is 50.5 Å². The fraction of sp³-hybridized carbons (Fsp3) is 0.600. The van der Waals surface area contributed by atoms with Crippen molar-refractivity contribution in [2.24, 2.45) is 5.92 Å². The number of likely N-dealkylation sites (tertiary alicyclic amines) is 1. The molecular weight excluding hydrogens is 330 g/mol. The van der Waals surface area contributed by atoms with Crippen molar-refractivity contribution in [2.75, 3.05) is 13.1 Å². The number of nitrogens with zero attached hydrogens (tertiary/aromatic N) is 1. The van der Waals surface area contributed by atoms with Crippen molar-refractivity contribution < 1.29 is 14.4 Å². The van der Waals surface area contributed by atoms with Crippen molar-refractivity contribution in [2.45, 2.75) is 57.6 Å². The lowest BCUT2D eigenvalue weighted by atomic mass is 9.87. The molecule has 3 amide bonds. The van der Waals surface area contributed by atoms with Crippen molar-refractivity contribution in [1.29, 1.82) is 0 Å². The Bertz CT molecular complexity index is 579. The minimum absolute atomic E-state index is 0.0886. The third-order valence-electron chi connectivity index (χ3n) is 5.34. The van der Waals surface area contributed by atoms with E-state index in [4.69, 9.17) is 4.84 Å². The highest BCUT2D eigenvalue weighted by molar-refractivity contribution is 5.79. The number of nitrogens with one attached hydrogen (secondary N) is 2. The Morgan fingerprint density at radius 1 is 1.00 bits per heavy atom. The molecule has 142 valence electrons. The zero-order valence-corrected chi connectivity index (χ0v) is 15.3. The predicted molar refractivity (Wildman–Crippen MR) is 99.1 cm³/mol. The quantitative estimate of drug-likeness (QED) is 0.794. The number of rotatable bonds is 5. The van der Waals surface area contributed by atoms with E-state index >= 15 is 0 Å². The van der Waals surface area contributed by atoms with E-state index in [1.165, 1.54) is 19.3 Å². The topological polar surface area (TPSA) is 70.7 Å². The molecule has 2 N–H and O–H groups in total. The van der Waals surface area contributed by atoms with Crippen LogP contribution in [0.25, 0.3) is 0 Å². The summed E-state index contributed by atoms with van der Waals surface area (Å²) in [4.78, 5) is 31.7. The first-order chi connectivity index (χ1) is 12.7. The number of amides is 3. The largest absolute Gasteiger partial charge is 0.342 e. The number of carbonyl (C=O) groups is 2. The van der Waals surface area contributed by atoms with Gasteiger partial charge in [0, 0.05) is 25.0 Å². The highest BCUT2D eigenvalue weighted by Gasteiger charge is 2.29. The van der Waals surface area contributed by atoms with Gasteiger partial charge in [-0.15, -0.1) is 0 Å². The molecule has 0 atom stereocenters. The first-order valence-electron chi connectivity index (χ1n) is 9.73. The summed E-state index contributed by atoms with van der Waals surface area (Å²) in [6.45, 7) is 1.79. The molecule has 0 bridgehead atoms. The van der Waals surface area contributed by atoms with Gasteiger partial charge in [-0.2, -0.15) is 0 Å². The fourth-order valence-corrected chi connectivity index (χ4v) is 3.83. The summed E-state index contributed by atoms with van der Waals surface area (Å²) < 4.78 is 0. The van der Waals surface area contributed by atoms with E-state index in [0.717, 1.165) is 44.3 Å². The van der Waals surface area contributed by atoms with Crippen LogP contribution in [0.3, 0.4) is 0 Å². The van der Waals surface area contributed by atoms with Gasteiger partial charge in [-0.25, -0.2) is 10.3 Å². The number of hydrogen-bond donors (Lipinski definition) is 2. The molecule has 1 saturated carbocycles. The minimum Gasteiger partial charge on any atom is -0.342 e. The predicted octanol–water partition coefficient (Wildman–Crippen LogP) is 2.99.